The molecule has 30 heavy (non-hydrogen) atoms. The van der Waals surface area contributed by atoms with Crippen LogP contribution in [-0.2, 0) is 17.3 Å². The first-order valence-electron chi connectivity index (χ1n) is 9.38. The van der Waals surface area contributed by atoms with Crippen LogP contribution in [0.3, 0.4) is 0 Å². The van der Waals surface area contributed by atoms with E-state index in [1.54, 1.807) is 0 Å². The maximum absolute atomic E-state index is 13.2. The zero-order valence-corrected chi connectivity index (χ0v) is 17.0. The van der Waals surface area contributed by atoms with Gasteiger partial charge in [0.2, 0.25) is 0 Å². The van der Waals surface area contributed by atoms with E-state index in [0.717, 1.165) is 12.1 Å². The van der Waals surface area contributed by atoms with Crippen molar-refractivity contribution in [2.24, 2.45) is 5.41 Å². The van der Waals surface area contributed by atoms with Gasteiger partial charge in [-0.25, -0.2) is 9.18 Å². The number of halogens is 4. The van der Waals surface area contributed by atoms with Crippen molar-refractivity contribution in [2.45, 2.75) is 45.5 Å². The lowest BCUT2D eigenvalue weighted by Crippen LogP contribution is -2.42. The minimum absolute atomic E-state index is 0.0430. The summed E-state index contributed by atoms with van der Waals surface area (Å²) >= 11 is 0. The van der Waals surface area contributed by atoms with Gasteiger partial charge >= 0.3 is 12.3 Å². The number of alkyl halides is 3. The Bertz CT molecular complexity index is 827. The normalized spacial score (nSPS) is 14.1. The fourth-order valence-corrected chi connectivity index (χ4v) is 2.69. The Hall–Kier alpha value is -2.61. The summed E-state index contributed by atoms with van der Waals surface area (Å²) in [5.41, 5.74) is -0.232. The summed E-state index contributed by atoms with van der Waals surface area (Å²) in [6.07, 6.45) is -6.40. The Morgan fingerprint density at radius 2 is 1.60 bits per heavy atom. The Morgan fingerprint density at radius 1 is 1.03 bits per heavy atom. The van der Waals surface area contributed by atoms with Gasteiger partial charge in [-0.15, -0.1) is 0 Å². The van der Waals surface area contributed by atoms with Crippen molar-refractivity contribution in [2.75, 3.05) is 6.61 Å². The molecule has 2 atom stereocenters. The smallest absolute Gasteiger partial charge is 0.416 e. The number of hydrogen-bond acceptors (Lipinski definition) is 3. The lowest BCUT2D eigenvalue weighted by Gasteiger charge is -2.26. The first-order valence-corrected chi connectivity index (χ1v) is 9.38. The molecule has 2 aromatic carbocycles. The molecule has 0 spiro atoms. The van der Waals surface area contributed by atoms with Gasteiger partial charge in [0.25, 0.3) is 0 Å². The van der Waals surface area contributed by atoms with Crippen LogP contribution in [0.25, 0.3) is 0 Å². The highest BCUT2D eigenvalue weighted by Crippen LogP contribution is 2.29. The van der Waals surface area contributed by atoms with Gasteiger partial charge in [-0.1, -0.05) is 45.0 Å². The molecule has 0 aliphatic rings. The van der Waals surface area contributed by atoms with Gasteiger partial charge in [0, 0.05) is 0 Å². The molecule has 4 nitrogen and oxygen atoms in total. The number of aliphatic hydroxyl groups excluding tert-OH is 1. The summed E-state index contributed by atoms with van der Waals surface area (Å²) in [7, 11) is 0. The van der Waals surface area contributed by atoms with E-state index in [1.165, 1.54) is 36.4 Å². The number of rotatable bonds is 6. The van der Waals surface area contributed by atoms with E-state index in [2.05, 4.69) is 5.32 Å². The molecule has 0 saturated heterocycles. The van der Waals surface area contributed by atoms with Gasteiger partial charge < -0.3 is 15.2 Å². The third kappa shape index (κ3) is 7.33. The molecule has 0 heterocycles. The number of amides is 1. The average Bonchev–Trinajstić information content (AvgIpc) is 2.65. The highest BCUT2D eigenvalue weighted by atomic mass is 19.4. The minimum atomic E-state index is -4.46. The van der Waals surface area contributed by atoms with Crippen LogP contribution in [0.4, 0.5) is 22.4 Å². The molecule has 0 aliphatic heterocycles. The second-order valence-electron chi connectivity index (χ2n) is 8.28. The summed E-state index contributed by atoms with van der Waals surface area (Å²) in [6.45, 7) is 5.78. The zero-order valence-electron chi connectivity index (χ0n) is 17.0. The Kier molecular flexibility index (Phi) is 7.47. The van der Waals surface area contributed by atoms with Crippen LogP contribution in [0.5, 0.6) is 0 Å². The quantitative estimate of drug-likeness (QED) is 0.618. The Labute approximate surface area is 172 Å². The molecule has 2 N–H and O–H groups in total. The fourth-order valence-electron chi connectivity index (χ4n) is 2.69. The lowest BCUT2D eigenvalue weighted by molar-refractivity contribution is -0.137. The third-order valence-electron chi connectivity index (χ3n) is 4.27. The third-order valence-corrected chi connectivity index (χ3v) is 4.27. The second-order valence-corrected chi connectivity index (χ2v) is 8.28. The van der Waals surface area contributed by atoms with Crippen LogP contribution in [0.1, 0.15) is 43.6 Å². The monoisotopic (exact) mass is 427 g/mol. The van der Waals surface area contributed by atoms with Gasteiger partial charge in [-0.05, 0) is 47.2 Å². The van der Waals surface area contributed by atoms with E-state index in [-0.39, 0.29) is 18.4 Å². The molecule has 0 aliphatic carbocycles. The molecule has 2 unspecified atom stereocenters. The molecule has 8 heteroatoms. The molecule has 0 fully saturated rings. The van der Waals surface area contributed by atoms with E-state index in [4.69, 9.17) is 4.74 Å². The van der Waals surface area contributed by atoms with Gasteiger partial charge in [0.05, 0.1) is 24.3 Å². The van der Waals surface area contributed by atoms with Crippen molar-refractivity contribution in [3.63, 3.8) is 0 Å². The largest absolute Gasteiger partial charge is 0.449 e. The first kappa shape index (κ1) is 23.7. The second kappa shape index (κ2) is 9.47. The molecule has 0 aromatic heterocycles. The number of alkyl carbamates (subject to hydrolysis) is 1. The maximum Gasteiger partial charge on any atom is 0.416 e. The molecular formula is C22H25F4NO3. The number of hydrogen-bond donors (Lipinski definition) is 2. The van der Waals surface area contributed by atoms with Crippen molar-refractivity contribution in [1.29, 1.82) is 0 Å². The summed E-state index contributed by atoms with van der Waals surface area (Å²) < 4.78 is 56.7. The van der Waals surface area contributed by atoms with E-state index < -0.39 is 35.8 Å². The molecule has 0 radical (unpaired) electrons. The van der Waals surface area contributed by atoms with Crippen LogP contribution in [0.15, 0.2) is 48.5 Å². The van der Waals surface area contributed by atoms with Gasteiger partial charge in [0.15, 0.2) is 0 Å². The maximum atomic E-state index is 13.2. The van der Waals surface area contributed by atoms with Gasteiger partial charge in [0.1, 0.15) is 5.82 Å². The predicted octanol–water partition coefficient (Wildman–Crippen LogP) is 5.26. The fraction of sp³-hybridized carbons (Fsp3) is 0.409. The first-order chi connectivity index (χ1) is 13.8. The molecule has 2 aromatic rings. The standard InChI is InChI=1S/C22H25F4NO3/c1-21(2,3)13-30-20(29)27-18(19(28)15-6-10-17(23)11-7-15)12-14-4-8-16(9-5-14)22(24,25)26/h4-11,18-19,28H,12-13H2,1-3H3,(H,27,29). The minimum Gasteiger partial charge on any atom is -0.449 e. The van der Waals surface area contributed by atoms with Gasteiger partial charge in [-0.3, -0.25) is 0 Å². The highest BCUT2D eigenvalue weighted by molar-refractivity contribution is 5.67. The SMILES string of the molecule is CC(C)(C)COC(=O)NC(Cc1ccc(C(F)(F)F)cc1)C(O)c1ccc(F)cc1. The van der Waals surface area contributed by atoms with Gasteiger partial charge in [-0.2, -0.15) is 13.2 Å². The van der Waals surface area contributed by atoms with Crippen molar-refractivity contribution in [1.82, 2.24) is 5.32 Å². The van der Waals surface area contributed by atoms with E-state index in [1.807, 2.05) is 20.8 Å². The van der Waals surface area contributed by atoms with E-state index >= 15 is 0 Å². The van der Waals surface area contributed by atoms with Crippen molar-refractivity contribution < 1.29 is 32.2 Å². The van der Waals surface area contributed by atoms with E-state index in [9.17, 15) is 27.5 Å². The van der Waals surface area contributed by atoms with Crippen LogP contribution < -0.4 is 5.32 Å². The zero-order chi connectivity index (χ0) is 22.5. The molecule has 2 rings (SSSR count). The predicted molar refractivity (Wildman–Crippen MR) is 104 cm³/mol. The van der Waals surface area contributed by atoms with E-state index in [0.29, 0.717) is 11.1 Å². The molecule has 0 saturated carbocycles. The molecule has 164 valence electrons. The Morgan fingerprint density at radius 3 is 2.10 bits per heavy atom. The number of ether oxygens (including phenoxy) is 1. The number of aliphatic hydroxyl groups is 1. The number of carbonyl (C=O) groups is 1. The summed E-state index contributed by atoms with van der Waals surface area (Å²) in [5, 5.41) is 13.3. The lowest BCUT2D eigenvalue weighted by atomic mass is 9.95. The van der Waals surface area contributed by atoms with Crippen LogP contribution in [0.2, 0.25) is 0 Å². The number of nitrogens with one attached hydrogen (secondary N) is 1. The van der Waals surface area contributed by atoms with Crippen molar-refractivity contribution in [3.8, 4) is 0 Å². The molecular weight excluding hydrogens is 402 g/mol. The molecule has 0 bridgehead atoms. The summed E-state index contributed by atoms with van der Waals surface area (Å²) in [6, 6.07) is 8.65. The van der Waals surface area contributed by atoms with Crippen LogP contribution in [0, 0.1) is 11.2 Å². The number of benzene rings is 2. The van der Waals surface area contributed by atoms with Crippen molar-refractivity contribution >= 4 is 6.09 Å². The summed E-state index contributed by atoms with van der Waals surface area (Å²) in [5.74, 6) is -0.484. The van der Waals surface area contributed by atoms with Crippen LogP contribution >= 0.6 is 0 Å². The number of carbonyl (C=O) groups excluding carboxylic acids is 1. The highest BCUT2D eigenvalue weighted by Gasteiger charge is 2.30. The van der Waals surface area contributed by atoms with Crippen LogP contribution in [-0.4, -0.2) is 23.8 Å². The summed E-state index contributed by atoms with van der Waals surface area (Å²) in [4.78, 5) is 12.2. The van der Waals surface area contributed by atoms with Crippen molar-refractivity contribution in [3.05, 3.63) is 71.0 Å². The topological polar surface area (TPSA) is 58.6 Å². The average molecular weight is 427 g/mol. The Balaban J connectivity index is 2.19. The molecule has 1 amide bonds.